The van der Waals surface area contributed by atoms with Gasteiger partial charge in [0.05, 0.1) is 6.61 Å². The Hall–Kier alpha value is -1.30. The minimum atomic E-state index is -1.72. The number of aliphatic hydroxyl groups excluding tert-OH is 4. The van der Waals surface area contributed by atoms with Crippen molar-refractivity contribution in [1.29, 1.82) is 0 Å². The SMILES string of the molecule is N[C@@H](CCC(=O)O)C(=O)OC1O[C@H](CO)[C@H](O)[C@H](O)[C@H]1O. The number of hydrogen-bond acceptors (Lipinski definition) is 9. The number of aliphatic hydroxyl groups is 4. The number of nitrogens with two attached hydrogens (primary N) is 1. The third-order valence-corrected chi connectivity index (χ3v) is 3.05. The van der Waals surface area contributed by atoms with Gasteiger partial charge in [-0.2, -0.15) is 0 Å². The zero-order valence-corrected chi connectivity index (χ0v) is 11.0. The lowest BCUT2D eigenvalue weighted by Crippen LogP contribution is -2.60. The molecule has 0 amide bonds. The Bertz CT molecular complexity index is 375. The van der Waals surface area contributed by atoms with E-state index in [1.54, 1.807) is 0 Å². The standard InChI is InChI=1S/C11H19NO9/c12-4(1-2-6(14)15)10(19)21-11-9(18)8(17)7(16)5(3-13)20-11/h4-5,7-9,11,13,16-18H,1-3,12H2,(H,14,15)/t4-,5+,7-,8-,9+,11?/m0/s1. The van der Waals surface area contributed by atoms with Gasteiger partial charge in [0.25, 0.3) is 0 Å². The summed E-state index contributed by atoms with van der Waals surface area (Å²) in [5.41, 5.74) is 5.42. The number of carboxylic acids is 1. The van der Waals surface area contributed by atoms with Crippen LogP contribution in [0.5, 0.6) is 0 Å². The Balaban J connectivity index is 2.59. The second kappa shape index (κ2) is 7.64. The van der Waals surface area contributed by atoms with Crippen molar-refractivity contribution in [1.82, 2.24) is 0 Å². The summed E-state index contributed by atoms with van der Waals surface area (Å²) in [5.74, 6) is -2.16. The number of aliphatic carboxylic acids is 1. The van der Waals surface area contributed by atoms with Gasteiger partial charge in [-0.3, -0.25) is 9.59 Å². The predicted octanol–water partition coefficient (Wildman–Crippen LogP) is -3.48. The second-order valence-corrected chi connectivity index (χ2v) is 4.67. The molecule has 1 unspecified atom stereocenters. The van der Waals surface area contributed by atoms with Crippen LogP contribution in [0.15, 0.2) is 0 Å². The summed E-state index contributed by atoms with van der Waals surface area (Å²) < 4.78 is 9.69. The molecule has 1 aliphatic rings. The van der Waals surface area contributed by atoms with Crippen LogP contribution in [0.25, 0.3) is 0 Å². The molecule has 122 valence electrons. The third-order valence-electron chi connectivity index (χ3n) is 3.05. The fourth-order valence-corrected chi connectivity index (χ4v) is 1.76. The Labute approximate surface area is 119 Å². The van der Waals surface area contributed by atoms with Gasteiger partial charge in [0.2, 0.25) is 6.29 Å². The first-order valence-electron chi connectivity index (χ1n) is 6.26. The second-order valence-electron chi connectivity index (χ2n) is 4.67. The summed E-state index contributed by atoms with van der Waals surface area (Å²) in [7, 11) is 0. The average Bonchev–Trinajstić information content (AvgIpc) is 2.44. The number of ether oxygens (including phenoxy) is 2. The van der Waals surface area contributed by atoms with E-state index >= 15 is 0 Å². The van der Waals surface area contributed by atoms with Gasteiger partial charge in [0, 0.05) is 6.42 Å². The monoisotopic (exact) mass is 309 g/mol. The van der Waals surface area contributed by atoms with Crippen molar-refractivity contribution in [3.63, 3.8) is 0 Å². The maximum atomic E-state index is 11.6. The van der Waals surface area contributed by atoms with E-state index in [2.05, 4.69) is 0 Å². The summed E-state index contributed by atoms with van der Waals surface area (Å²) in [6, 6.07) is -1.24. The molecule has 10 nitrogen and oxygen atoms in total. The zero-order chi connectivity index (χ0) is 16.2. The minimum absolute atomic E-state index is 0.175. The summed E-state index contributed by atoms with van der Waals surface area (Å²) in [5, 5.41) is 46.1. The lowest BCUT2D eigenvalue weighted by molar-refractivity contribution is -0.293. The van der Waals surface area contributed by atoms with E-state index < -0.39 is 55.3 Å². The van der Waals surface area contributed by atoms with Crippen molar-refractivity contribution in [2.24, 2.45) is 5.73 Å². The number of hydrogen-bond donors (Lipinski definition) is 6. The largest absolute Gasteiger partial charge is 0.481 e. The number of carboxylic acid groups (broad SMARTS) is 1. The van der Waals surface area contributed by atoms with E-state index in [-0.39, 0.29) is 12.8 Å². The highest BCUT2D eigenvalue weighted by Crippen LogP contribution is 2.22. The van der Waals surface area contributed by atoms with Gasteiger partial charge in [0.15, 0.2) is 0 Å². The molecule has 0 saturated carbocycles. The highest BCUT2D eigenvalue weighted by atomic mass is 16.7. The first kappa shape index (κ1) is 17.8. The van der Waals surface area contributed by atoms with Crippen LogP contribution in [0.4, 0.5) is 0 Å². The van der Waals surface area contributed by atoms with Crippen LogP contribution in [0.3, 0.4) is 0 Å². The summed E-state index contributed by atoms with van der Waals surface area (Å²) >= 11 is 0. The maximum Gasteiger partial charge on any atom is 0.325 e. The van der Waals surface area contributed by atoms with Crippen molar-refractivity contribution >= 4 is 11.9 Å². The van der Waals surface area contributed by atoms with Gasteiger partial charge >= 0.3 is 11.9 Å². The topological polar surface area (TPSA) is 180 Å². The molecular weight excluding hydrogens is 290 g/mol. The summed E-state index contributed by atoms with van der Waals surface area (Å²) in [6.45, 7) is -0.663. The highest BCUT2D eigenvalue weighted by Gasteiger charge is 2.45. The normalized spacial score (nSPS) is 34.2. The third kappa shape index (κ3) is 4.59. The molecule has 0 bridgehead atoms. The molecule has 0 aromatic rings. The zero-order valence-electron chi connectivity index (χ0n) is 11.0. The van der Waals surface area contributed by atoms with Crippen LogP contribution in [-0.2, 0) is 19.1 Å². The smallest absolute Gasteiger partial charge is 0.325 e. The van der Waals surface area contributed by atoms with E-state index in [1.807, 2.05) is 0 Å². The molecule has 7 N–H and O–H groups in total. The van der Waals surface area contributed by atoms with E-state index in [1.165, 1.54) is 0 Å². The molecule has 1 fully saturated rings. The molecule has 1 heterocycles. The van der Waals surface area contributed by atoms with Gasteiger partial charge in [-0.25, -0.2) is 0 Å². The molecule has 0 aromatic heterocycles. The number of carbonyl (C=O) groups is 2. The molecule has 0 radical (unpaired) electrons. The van der Waals surface area contributed by atoms with E-state index in [0.717, 1.165) is 0 Å². The molecule has 1 aliphatic heterocycles. The van der Waals surface area contributed by atoms with Gasteiger partial charge < -0.3 is 40.7 Å². The van der Waals surface area contributed by atoms with Crippen molar-refractivity contribution in [3.05, 3.63) is 0 Å². The van der Waals surface area contributed by atoms with Gasteiger partial charge in [0.1, 0.15) is 30.5 Å². The van der Waals surface area contributed by atoms with Crippen molar-refractivity contribution < 1.29 is 44.6 Å². The van der Waals surface area contributed by atoms with Crippen LogP contribution in [0.2, 0.25) is 0 Å². The predicted molar refractivity (Wildman–Crippen MR) is 64.7 cm³/mol. The average molecular weight is 309 g/mol. The first-order chi connectivity index (χ1) is 9.77. The lowest BCUT2D eigenvalue weighted by atomic mass is 9.99. The number of esters is 1. The van der Waals surface area contributed by atoms with E-state index in [0.29, 0.717) is 0 Å². The molecule has 6 atom stereocenters. The molecule has 0 aromatic carbocycles. The molecule has 0 aliphatic carbocycles. The first-order valence-corrected chi connectivity index (χ1v) is 6.26. The maximum absolute atomic E-state index is 11.6. The minimum Gasteiger partial charge on any atom is -0.481 e. The number of rotatable bonds is 6. The molecule has 10 heteroatoms. The fourth-order valence-electron chi connectivity index (χ4n) is 1.76. The molecule has 1 rings (SSSR count). The van der Waals surface area contributed by atoms with Gasteiger partial charge in [-0.15, -0.1) is 0 Å². The quantitative estimate of drug-likeness (QED) is 0.270. The molecular formula is C11H19NO9. The Morgan fingerprint density at radius 1 is 1.19 bits per heavy atom. The highest BCUT2D eigenvalue weighted by molar-refractivity contribution is 5.76. The lowest BCUT2D eigenvalue weighted by Gasteiger charge is -2.39. The van der Waals surface area contributed by atoms with Crippen LogP contribution in [-0.4, -0.2) is 80.8 Å². The van der Waals surface area contributed by atoms with Crippen molar-refractivity contribution in [2.75, 3.05) is 6.61 Å². The Morgan fingerprint density at radius 3 is 2.33 bits per heavy atom. The molecule has 1 saturated heterocycles. The van der Waals surface area contributed by atoms with Gasteiger partial charge in [-0.05, 0) is 6.42 Å². The van der Waals surface area contributed by atoms with Crippen molar-refractivity contribution in [3.8, 4) is 0 Å². The summed E-state index contributed by atoms with van der Waals surface area (Å²) in [4.78, 5) is 22.0. The van der Waals surface area contributed by atoms with E-state index in [9.17, 15) is 24.9 Å². The summed E-state index contributed by atoms with van der Waals surface area (Å²) in [6.07, 6.45) is -8.32. The van der Waals surface area contributed by atoms with Crippen LogP contribution < -0.4 is 5.73 Å². The Kier molecular flexibility index (Phi) is 6.45. The fraction of sp³-hybridized carbons (Fsp3) is 0.818. The van der Waals surface area contributed by atoms with Crippen LogP contribution in [0, 0.1) is 0 Å². The van der Waals surface area contributed by atoms with Crippen LogP contribution in [0.1, 0.15) is 12.8 Å². The Morgan fingerprint density at radius 2 is 1.81 bits per heavy atom. The van der Waals surface area contributed by atoms with Gasteiger partial charge in [-0.1, -0.05) is 0 Å². The van der Waals surface area contributed by atoms with Crippen molar-refractivity contribution in [2.45, 2.75) is 49.6 Å². The van der Waals surface area contributed by atoms with E-state index in [4.69, 9.17) is 25.4 Å². The van der Waals surface area contributed by atoms with Crippen LogP contribution >= 0.6 is 0 Å². The molecule has 21 heavy (non-hydrogen) atoms. The molecule has 0 spiro atoms. The number of carbonyl (C=O) groups excluding carboxylic acids is 1.